The molecule has 2 aromatic rings. The number of hydrogen-bond acceptors (Lipinski definition) is 4. The molecular formula is C13H13NO4S2. The van der Waals surface area contributed by atoms with E-state index in [1.165, 1.54) is 6.92 Å². The maximum absolute atomic E-state index is 11.6. The number of sulfonamides is 1. The zero-order valence-electron chi connectivity index (χ0n) is 10.7. The van der Waals surface area contributed by atoms with Crippen LogP contribution in [0.1, 0.15) is 16.6 Å². The number of benzene rings is 1. The van der Waals surface area contributed by atoms with E-state index >= 15 is 0 Å². The van der Waals surface area contributed by atoms with E-state index in [9.17, 15) is 18.3 Å². The molecule has 20 heavy (non-hydrogen) atoms. The maximum Gasteiger partial charge on any atom is 0.348 e. The molecule has 0 spiro atoms. The Bertz CT molecular complexity index is 720. The van der Waals surface area contributed by atoms with E-state index in [1.807, 2.05) is 30.3 Å². The van der Waals surface area contributed by atoms with Crippen LogP contribution in [0.3, 0.4) is 0 Å². The minimum absolute atomic E-state index is 0.0131. The summed E-state index contributed by atoms with van der Waals surface area (Å²) in [4.78, 5) is 11.9. The second-order valence-electron chi connectivity index (χ2n) is 4.03. The molecule has 0 saturated heterocycles. The van der Waals surface area contributed by atoms with Gasteiger partial charge in [0.25, 0.3) is 0 Å². The van der Waals surface area contributed by atoms with Crippen LogP contribution in [0.4, 0.5) is 5.69 Å². The lowest BCUT2D eigenvalue weighted by atomic mass is 10.2. The summed E-state index contributed by atoms with van der Waals surface area (Å²) < 4.78 is 25.5. The van der Waals surface area contributed by atoms with Gasteiger partial charge in [-0.1, -0.05) is 30.3 Å². The van der Waals surface area contributed by atoms with Crippen LogP contribution < -0.4 is 4.72 Å². The molecule has 1 aromatic carbocycles. The van der Waals surface area contributed by atoms with E-state index in [4.69, 9.17) is 0 Å². The number of nitrogens with one attached hydrogen (secondary N) is 1. The molecule has 0 fully saturated rings. The number of rotatable bonds is 5. The average Bonchev–Trinajstić information content (AvgIpc) is 2.83. The van der Waals surface area contributed by atoms with E-state index in [0.717, 1.165) is 16.9 Å². The number of thiophene rings is 1. The third-order valence-corrected chi connectivity index (χ3v) is 5.09. The Hall–Kier alpha value is -1.86. The first kappa shape index (κ1) is 14.5. The first-order valence-electron chi connectivity index (χ1n) is 5.86. The normalized spacial score (nSPS) is 11.2. The zero-order chi connectivity index (χ0) is 14.8. The van der Waals surface area contributed by atoms with Crippen molar-refractivity contribution in [2.75, 3.05) is 10.5 Å². The van der Waals surface area contributed by atoms with Gasteiger partial charge in [-0.2, -0.15) is 0 Å². The summed E-state index contributed by atoms with van der Waals surface area (Å²) in [5, 5.41) is 9.17. The van der Waals surface area contributed by atoms with Crippen LogP contribution in [-0.4, -0.2) is 25.2 Å². The van der Waals surface area contributed by atoms with E-state index in [-0.39, 0.29) is 16.3 Å². The standard InChI is InChI=1S/C13H13NO4S2/c1-2-20(17,18)14-10-8-11(19-12(10)13(15)16)9-6-4-3-5-7-9/h3-8,14H,2H2,1H3,(H,15,16). The zero-order valence-corrected chi connectivity index (χ0v) is 12.3. The van der Waals surface area contributed by atoms with Gasteiger partial charge in [-0.15, -0.1) is 11.3 Å². The Morgan fingerprint density at radius 2 is 1.95 bits per heavy atom. The van der Waals surface area contributed by atoms with Gasteiger partial charge in [0.15, 0.2) is 0 Å². The monoisotopic (exact) mass is 311 g/mol. The molecule has 0 saturated carbocycles. The summed E-state index contributed by atoms with van der Waals surface area (Å²) in [6.45, 7) is 1.49. The van der Waals surface area contributed by atoms with Crippen LogP contribution in [0.2, 0.25) is 0 Å². The Labute approximate surface area is 120 Å². The van der Waals surface area contributed by atoms with Crippen molar-refractivity contribution in [2.24, 2.45) is 0 Å². The average molecular weight is 311 g/mol. The predicted octanol–water partition coefficient (Wildman–Crippen LogP) is 2.87. The van der Waals surface area contributed by atoms with Gasteiger partial charge in [-0.05, 0) is 18.6 Å². The second kappa shape index (κ2) is 5.64. The van der Waals surface area contributed by atoms with Gasteiger partial charge in [0, 0.05) is 4.88 Å². The highest BCUT2D eigenvalue weighted by atomic mass is 32.2. The molecule has 2 N–H and O–H groups in total. The predicted molar refractivity (Wildman–Crippen MR) is 79.8 cm³/mol. The summed E-state index contributed by atoms with van der Waals surface area (Å²) in [5.41, 5.74) is 0.963. The number of carboxylic acid groups (broad SMARTS) is 1. The lowest BCUT2D eigenvalue weighted by Crippen LogP contribution is -2.15. The molecule has 7 heteroatoms. The second-order valence-corrected chi connectivity index (χ2v) is 7.09. The van der Waals surface area contributed by atoms with Crippen molar-refractivity contribution in [1.82, 2.24) is 0 Å². The van der Waals surface area contributed by atoms with Crippen LogP contribution in [0, 0.1) is 0 Å². The van der Waals surface area contributed by atoms with Gasteiger partial charge in [0.1, 0.15) is 4.88 Å². The van der Waals surface area contributed by atoms with Gasteiger partial charge >= 0.3 is 5.97 Å². The summed E-state index contributed by atoms with van der Waals surface area (Å²) in [7, 11) is -3.50. The number of hydrogen-bond donors (Lipinski definition) is 2. The van der Waals surface area contributed by atoms with Crippen LogP contribution in [-0.2, 0) is 10.0 Å². The fourth-order valence-electron chi connectivity index (χ4n) is 1.61. The highest BCUT2D eigenvalue weighted by Gasteiger charge is 2.19. The number of anilines is 1. The van der Waals surface area contributed by atoms with Crippen LogP contribution in [0.25, 0.3) is 10.4 Å². The fraction of sp³-hybridized carbons (Fsp3) is 0.154. The van der Waals surface area contributed by atoms with Crippen LogP contribution in [0.5, 0.6) is 0 Å². The topological polar surface area (TPSA) is 83.5 Å². The van der Waals surface area contributed by atoms with Gasteiger partial charge in [0.05, 0.1) is 11.4 Å². The molecule has 0 aliphatic rings. The molecule has 0 unspecified atom stereocenters. The van der Waals surface area contributed by atoms with E-state index < -0.39 is 16.0 Å². The fourth-order valence-corrected chi connectivity index (χ4v) is 3.27. The SMILES string of the molecule is CCS(=O)(=O)Nc1cc(-c2ccccc2)sc1C(=O)O. The molecule has 0 aliphatic carbocycles. The molecule has 5 nitrogen and oxygen atoms in total. The number of aromatic carboxylic acids is 1. The van der Waals surface area contributed by atoms with Crippen molar-refractivity contribution in [3.63, 3.8) is 0 Å². The van der Waals surface area contributed by atoms with Crippen molar-refractivity contribution in [2.45, 2.75) is 6.92 Å². The van der Waals surface area contributed by atoms with Crippen LogP contribution in [0.15, 0.2) is 36.4 Å². The van der Waals surface area contributed by atoms with Gasteiger partial charge in [0.2, 0.25) is 10.0 Å². The molecule has 0 aliphatic heterocycles. The largest absolute Gasteiger partial charge is 0.477 e. The third kappa shape index (κ3) is 3.17. The summed E-state index contributed by atoms with van der Waals surface area (Å²) >= 11 is 1.05. The van der Waals surface area contributed by atoms with Crippen molar-refractivity contribution < 1.29 is 18.3 Å². The summed E-state index contributed by atoms with van der Waals surface area (Å²) in [6, 6.07) is 10.8. The molecule has 0 radical (unpaired) electrons. The van der Waals surface area contributed by atoms with Crippen molar-refractivity contribution >= 4 is 33.0 Å². The third-order valence-electron chi connectivity index (χ3n) is 2.63. The molecular weight excluding hydrogens is 298 g/mol. The Balaban J connectivity index is 2.47. The van der Waals surface area contributed by atoms with Gasteiger partial charge < -0.3 is 5.11 Å². The van der Waals surface area contributed by atoms with Crippen LogP contribution >= 0.6 is 11.3 Å². The molecule has 1 aromatic heterocycles. The van der Waals surface area contributed by atoms with Crippen molar-refractivity contribution in [3.05, 3.63) is 41.3 Å². The highest BCUT2D eigenvalue weighted by molar-refractivity contribution is 7.92. The minimum Gasteiger partial charge on any atom is -0.477 e. The Morgan fingerprint density at radius 1 is 1.30 bits per heavy atom. The molecule has 1 heterocycles. The van der Waals surface area contributed by atoms with E-state index in [0.29, 0.717) is 4.88 Å². The number of carboxylic acids is 1. The van der Waals surface area contributed by atoms with E-state index in [1.54, 1.807) is 6.07 Å². The Morgan fingerprint density at radius 3 is 2.50 bits per heavy atom. The van der Waals surface area contributed by atoms with Gasteiger partial charge in [-0.3, -0.25) is 4.72 Å². The molecule has 2 rings (SSSR count). The highest BCUT2D eigenvalue weighted by Crippen LogP contribution is 2.35. The summed E-state index contributed by atoms with van der Waals surface area (Å²) in [6.07, 6.45) is 0. The quantitative estimate of drug-likeness (QED) is 0.889. The van der Waals surface area contributed by atoms with Crippen molar-refractivity contribution in [3.8, 4) is 10.4 Å². The van der Waals surface area contributed by atoms with E-state index in [2.05, 4.69) is 4.72 Å². The maximum atomic E-state index is 11.6. The molecule has 0 bridgehead atoms. The first-order valence-corrected chi connectivity index (χ1v) is 8.33. The lowest BCUT2D eigenvalue weighted by Gasteiger charge is -2.04. The van der Waals surface area contributed by atoms with Gasteiger partial charge in [-0.25, -0.2) is 13.2 Å². The minimum atomic E-state index is -3.50. The smallest absolute Gasteiger partial charge is 0.348 e. The summed E-state index contributed by atoms with van der Waals surface area (Å²) in [5.74, 6) is -1.26. The molecule has 0 amide bonds. The lowest BCUT2D eigenvalue weighted by molar-refractivity contribution is 0.0703. The Kier molecular flexibility index (Phi) is 4.10. The molecule has 106 valence electrons. The molecule has 0 atom stereocenters. The first-order chi connectivity index (χ1) is 9.43. The van der Waals surface area contributed by atoms with Crippen molar-refractivity contribution in [1.29, 1.82) is 0 Å². The number of carbonyl (C=O) groups is 1.